The summed E-state index contributed by atoms with van der Waals surface area (Å²) < 4.78 is 52.4. The minimum Gasteiger partial charge on any atom is -0.206 e. The van der Waals surface area contributed by atoms with Gasteiger partial charge in [-0.3, -0.25) is 0 Å². The first-order valence-corrected chi connectivity index (χ1v) is 6.50. The quantitative estimate of drug-likeness (QED) is 0.349. The average molecular weight is 308 g/mol. The molecule has 0 saturated carbocycles. The largest absolute Gasteiger partial charge is 0.206 e. The summed E-state index contributed by atoms with van der Waals surface area (Å²) in [6.45, 7) is 1.91. The maximum atomic E-state index is 13.7. The van der Waals surface area contributed by atoms with Crippen molar-refractivity contribution in [3.63, 3.8) is 0 Å². The Morgan fingerprint density at radius 2 is 1.50 bits per heavy atom. The highest BCUT2D eigenvalue weighted by atomic mass is 19.2. The van der Waals surface area contributed by atoms with Crippen molar-refractivity contribution in [3.05, 3.63) is 70.3 Å². The number of aryl methyl sites for hydroxylation is 1. The van der Waals surface area contributed by atoms with Crippen molar-refractivity contribution >= 4 is 12.4 Å². The van der Waals surface area contributed by atoms with Crippen molar-refractivity contribution in [3.8, 4) is 0 Å². The van der Waals surface area contributed by atoms with Gasteiger partial charge in [-0.25, -0.2) is 17.6 Å². The van der Waals surface area contributed by atoms with Gasteiger partial charge in [0, 0.05) is 11.1 Å². The maximum absolute atomic E-state index is 13.7. The summed E-state index contributed by atoms with van der Waals surface area (Å²) in [7, 11) is 0. The van der Waals surface area contributed by atoms with Gasteiger partial charge in [0.15, 0.2) is 17.5 Å². The predicted octanol–water partition coefficient (Wildman–Crippen LogP) is 4.26. The molecule has 0 N–H and O–H groups in total. The van der Waals surface area contributed by atoms with E-state index in [4.69, 9.17) is 0 Å². The number of halogens is 4. The molecule has 22 heavy (non-hydrogen) atoms. The number of hydrogen-bond donors (Lipinski definition) is 0. The van der Waals surface area contributed by atoms with E-state index in [-0.39, 0.29) is 11.1 Å². The molecule has 2 aromatic carbocycles. The second-order valence-electron chi connectivity index (χ2n) is 4.50. The lowest BCUT2D eigenvalue weighted by Gasteiger charge is -1.99. The van der Waals surface area contributed by atoms with Crippen LogP contribution in [0, 0.1) is 23.3 Å². The Bertz CT molecular complexity index is 716. The van der Waals surface area contributed by atoms with Crippen LogP contribution in [0.3, 0.4) is 0 Å². The van der Waals surface area contributed by atoms with E-state index < -0.39 is 23.3 Å². The number of nitrogens with zero attached hydrogens (tertiary/aromatic N) is 2. The van der Waals surface area contributed by atoms with Crippen LogP contribution in [-0.2, 0) is 6.42 Å². The van der Waals surface area contributed by atoms with Gasteiger partial charge in [0.2, 0.25) is 0 Å². The molecule has 0 heterocycles. The van der Waals surface area contributed by atoms with Gasteiger partial charge in [0.1, 0.15) is 5.82 Å². The van der Waals surface area contributed by atoms with Gasteiger partial charge in [-0.05, 0) is 30.2 Å². The monoisotopic (exact) mass is 308 g/mol. The van der Waals surface area contributed by atoms with Crippen molar-refractivity contribution in [2.24, 2.45) is 10.2 Å². The SMILES string of the molecule is CCc1ccc(C=NN=Cc2cc(F)c(F)c(F)c2)c(F)c1. The summed E-state index contributed by atoms with van der Waals surface area (Å²) >= 11 is 0. The number of rotatable bonds is 4. The molecule has 0 aliphatic carbocycles. The molecule has 0 unspecified atom stereocenters. The van der Waals surface area contributed by atoms with Crippen molar-refractivity contribution in [1.29, 1.82) is 0 Å². The minimum absolute atomic E-state index is 0.00959. The molecule has 0 fully saturated rings. The molecular weight excluding hydrogens is 296 g/mol. The predicted molar refractivity (Wildman–Crippen MR) is 77.3 cm³/mol. The summed E-state index contributed by atoms with van der Waals surface area (Å²) in [6.07, 6.45) is 2.94. The molecule has 2 nitrogen and oxygen atoms in total. The van der Waals surface area contributed by atoms with Crippen LogP contribution in [0.1, 0.15) is 23.6 Å². The lowest BCUT2D eigenvalue weighted by molar-refractivity contribution is 0.447. The Labute approximate surface area is 124 Å². The first-order valence-electron chi connectivity index (χ1n) is 6.50. The maximum Gasteiger partial charge on any atom is 0.194 e. The van der Waals surface area contributed by atoms with Gasteiger partial charge in [-0.15, -0.1) is 0 Å². The lowest BCUT2D eigenvalue weighted by Crippen LogP contribution is -1.93. The smallest absolute Gasteiger partial charge is 0.194 e. The summed E-state index contributed by atoms with van der Waals surface area (Å²) in [6, 6.07) is 6.29. The standard InChI is InChI=1S/C16H12F4N2/c1-2-10-3-4-12(13(17)5-10)9-22-21-8-11-6-14(18)16(20)15(19)7-11/h3-9H,2H2,1H3. The Hall–Kier alpha value is -2.50. The molecular formula is C16H12F4N2. The first-order chi connectivity index (χ1) is 10.5. The van der Waals surface area contributed by atoms with Crippen molar-refractivity contribution in [2.75, 3.05) is 0 Å². The Balaban J connectivity index is 2.12. The molecule has 0 amide bonds. The molecule has 2 rings (SSSR count). The van der Waals surface area contributed by atoms with Gasteiger partial charge in [-0.1, -0.05) is 19.1 Å². The molecule has 2 aromatic rings. The van der Waals surface area contributed by atoms with E-state index in [9.17, 15) is 17.6 Å². The Kier molecular flexibility index (Phi) is 5.04. The van der Waals surface area contributed by atoms with Crippen LogP contribution in [0.25, 0.3) is 0 Å². The fourth-order valence-electron chi connectivity index (χ4n) is 1.74. The normalized spacial score (nSPS) is 11.7. The fourth-order valence-corrected chi connectivity index (χ4v) is 1.74. The number of benzene rings is 2. The molecule has 0 spiro atoms. The van der Waals surface area contributed by atoms with Gasteiger partial charge in [-0.2, -0.15) is 10.2 Å². The molecule has 0 bridgehead atoms. The zero-order valence-corrected chi connectivity index (χ0v) is 11.7. The highest BCUT2D eigenvalue weighted by Crippen LogP contribution is 2.12. The van der Waals surface area contributed by atoms with Crippen LogP contribution in [0.2, 0.25) is 0 Å². The Morgan fingerprint density at radius 1 is 0.864 bits per heavy atom. The van der Waals surface area contributed by atoms with Crippen LogP contribution < -0.4 is 0 Å². The van der Waals surface area contributed by atoms with E-state index >= 15 is 0 Å². The molecule has 0 aliphatic heterocycles. The molecule has 0 atom stereocenters. The highest BCUT2D eigenvalue weighted by molar-refractivity contribution is 5.82. The summed E-state index contributed by atoms with van der Waals surface area (Å²) in [5.74, 6) is -4.60. The lowest BCUT2D eigenvalue weighted by atomic mass is 10.1. The van der Waals surface area contributed by atoms with E-state index in [1.54, 1.807) is 12.1 Å². The van der Waals surface area contributed by atoms with Gasteiger partial charge in [0.25, 0.3) is 0 Å². The average Bonchev–Trinajstić information content (AvgIpc) is 2.50. The van der Waals surface area contributed by atoms with Crippen LogP contribution in [0.15, 0.2) is 40.5 Å². The topological polar surface area (TPSA) is 24.7 Å². The third-order valence-electron chi connectivity index (χ3n) is 2.95. The van der Waals surface area contributed by atoms with Gasteiger partial charge < -0.3 is 0 Å². The molecule has 6 heteroatoms. The van der Waals surface area contributed by atoms with Crippen LogP contribution >= 0.6 is 0 Å². The van der Waals surface area contributed by atoms with Gasteiger partial charge >= 0.3 is 0 Å². The Morgan fingerprint density at radius 3 is 2.09 bits per heavy atom. The van der Waals surface area contributed by atoms with E-state index in [0.717, 1.165) is 23.9 Å². The summed E-state index contributed by atoms with van der Waals surface area (Å²) in [5.41, 5.74) is 1.11. The first kappa shape index (κ1) is 15.9. The third-order valence-corrected chi connectivity index (χ3v) is 2.95. The highest BCUT2D eigenvalue weighted by Gasteiger charge is 2.09. The molecule has 0 radical (unpaired) electrons. The second kappa shape index (κ2) is 6.98. The molecule has 0 aliphatic rings. The van der Waals surface area contributed by atoms with Crippen LogP contribution in [-0.4, -0.2) is 12.4 Å². The van der Waals surface area contributed by atoms with Crippen LogP contribution in [0.5, 0.6) is 0 Å². The minimum atomic E-state index is -1.54. The second-order valence-corrected chi connectivity index (χ2v) is 4.50. The number of hydrogen-bond acceptors (Lipinski definition) is 2. The van der Waals surface area contributed by atoms with Crippen molar-refractivity contribution in [1.82, 2.24) is 0 Å². The van der Waals surface area contributed by atoms with E-state index in [0.29, 0.717) is 6.42 Å². The summed E-state index contributed by atoms with van der Waals surface area (Å²) in [4.78, 5) is 0. The van der Waals surface area contributed by atoms with E-state index in [2.05, 4.69) is 10.2 Å². The molecule has 0 saturated heterocycles. The van der Waals surface area contributed by atoms with E-state index in [1.807, 2.05) is 6.92 Å². The van der Waals surface area contributed by atoms with Crippen molar-refractivity contribution < 1.29 is 17.6 Å². The van der Waals surface area contributed by atoms with E-state index in [1.165, 1.54) is 12.3 Å². The summed E-state index contributed by atoms with van der Waals surface area (Å²) in [5, 5.41) is 7.16. The fraction of sp³-hybridized carbons (Fsp3) is 0.125. The van der Waals surface area contributed by atoms with Gasteiger partial charge in [0.05, 0.1) is 12.4 Å². The zero-order chi connectivity index (χ0) is 16.1. The molecule has 114 valence electrons. The molecule has 0 aromatic heterocycles. The van der Waals surface area contributed by atoms with Crippen molar-refractivity contribution in [2.45, 2.75) is 13.3 Å². The zero-order valence-electron chi connectivity index (χ0n) is 11.7. The van der Waals surface area contributed by atoms with Crippen LogP contribution in [0.4, 0.5) is 17.6 Å². The third kappa shape index (κ3) is 3.78.